The minimum atomic E-state index is -0.441. The van der Waals surface area contributed by atoms with E-state index in [9.17, 15) is 9.90 Å². The molecule has 0 spiro atoms. The van der Waals surface area contributed by atoms with Gasteiger partial charge in [-0.25, -0.2) is 0 Å². The second-order valence-electron chi connectivity index (χ2n) is 2.86. The summed E-state index contributed by atoms with van der Waals surface area (Å²) in [4.78, 5) is 11.3. The van der Waals surface area contributed by atoms with Crippen molar-refractivity contribution in [3.8, 4) is 11.8 Å². The molecule has 1 rings (SSSR count). The van der Waals surface area contributed by atoms with Crippen molar-refractivity contribution in [2.24, 2.45) is 0 Å². The number of benzene rings is 1. The number of hydrogen-bond acceptors (Lipinski definition) is 3. The average Bonchev–Trinajstić information content (AvgIpc) is 2.14. The lowest BCUT2D eigenvalue weighted by Gasteiger charge is -2.04. The Hall–Kier alpha value is -2.02. The van der Waals surface area contributed by atoms with Crippen molar-refractivity contribution in [1.29, 1.82) is 5.26 Å². The monoisotopic (exact) mass is 190 g/mol. The van der Waals surface area contributed by atoms with Gasteiger partial charge in [0.25, 0.3) is 5.91 Å². The fourth-order valence-corrected chi connectivity index (χ4v) is 1.05. The summed E-state index contributed by atoms with van der Waals surface area (Å²) in [5, 5.41) is 20.0. The molecule has 1 aromatic rings. The molecule has 0 bridgehead atoms. The number of nitriles is 1. The predicted molar refractivity (Wildman–Crippen MR) is 50.8 cm³/mol. The number of aryl methyl sites for hydroxylation is 1. The molecule has 0 aliphatic rings. The van der Waals surface area contributed by atoms with E-state index < -0.39 is 5.91 Å². The fourth-order valence-electron chi connectivity index (χ4n) is 1.05. The molecule has 0 aliphatic heterocycles. The van der Waals surface area contributed by atoms with Gasteiger partial charge in [-0.3, -0.25) is 4.79 Å². The molecule has 0 saturated heterocycles. The zero-order chi connectivity index (χ0) is 10.6. The standard InChI is InChI=1S/C10H10N2O2/c1-7-2-3-8(9(13)6-7)10(14)12-5-4-11/h2-3,6,13H,5H2,1H3,(H,12,14). The lowest BCUT2D eigenvalue weighted by molar-refractivity contribution is 0.0956. The van der Waals surface area contributed by atoms with Crippen LogP contribution in [-0.2, 0) is 0 Å². The lowest BCUT2D eigenvalue weighted by Crippen LogP contribution is -2.23. The molecule has 0 saturated carbocycles. The first-order valence-corrected chi connectivity index (χ1v) is 4.10. The minimum absolute atomic E-state index is 0.0633. The zero-order valence-electron chi connectivity index (χ0n) is 7.74. The van der Waals surface area contributed by atoms with Gasteiger partial charge in [-0.1, -0.05) is 6.07 Å². The van der Waals surface area contributed by atoms with Crippen LogP contribution in [0.15, 0.2) is 18.2 Å². The van der Waals surface area contributed by atoms with E-state index in [2.05, 4.69) is 5.32 Å². The summed E-state index contributed by atoms with van der Waals surface area (Å²) in [5.41, 5.74) is 1.06. The third-order valence-electron chi connectivity index (χ3n) is 1.73. The Kier molecular flexibility index (Phi) is 3.08. The molecule has 0 aromatic heterocycles. The third-order valence-corrected chi connectivity index (χ3v) is 1.73. The number of nitrogens with one attached hydrogen (secondary N) is 1. The van der Waals surface area contributed by atoms with Crippen LogP contribution >= 0.6 is 0 Å². The molecule has 0 fully saturated rings. The van der Waals surface area contributed by atoms with Gasteiger partial charge in [-0.05, 0) is 24.6 Å². The Morgan fingerprint density at radius 3 is 2.93 bits per heavy atom. The second-order valence-corrected chi connectivity index (χ2v) is 2.86. The maximum absolute atomic E-state index is 11.3. The van der Waals surface area contributed by atoms with Crippen LogP contribution in [0.5, 0.6) is 5.75 Å². The van der Waals surface area contributed by atoms with E-state index in [0.717, 1.165) is 5.56 Å². The second kappa shape index (κ2) is 4.28. The SMILES string of the molecule is Cc1ccc(C(=O)NCC#N)c(O)c1. The summed E-state index contributed by atoms with van der Waals surface area (Å²) in [6.45, 7) is 1.75. The number of hydrogen-bond donors (Lipinski definition) is 2. The number of phenols is 1. The van der Waals surface area contributed by atoms with Crippen molar-refractivity contribution in [3.63, 3.8) is 0 Å². The van der Waals surface area contributed by atoms with Crippen molar-refractivity contribution >= 4 is 5.91 Å². The number of rotatable bonds is 2. The Morgan fingerprint density at radius 1 is 1.64 bits per heavy atom. The van der Waals surface area contributed by atoms with Crippen LogP contribution in [-0.4, -0.2) is 17.6 Å². The zero-order valence-corrected chi connectivity index (χ0v) is 7.74. The number of amides is 1. The summed E-state index contributed by atoms with van der Waals surface area (Å²) in [5.74, 6) is -0.510. The number of phenolic OH excluding ortho intramolecular Hbond substituents is 1. The fraction of sp³-hybridized carbons (Fsp3) is 0.200. The number of carbonyl (C=O) groups is 1. The molecule has 0 aliphatic carbocycles. The first kappa shape index (κ1) is 10.1. The van der Waals surface area contributed by atoms with Gasteiger partial charge in [0.1, 0.15) is 12.3 Å². The molecule has 1 amide bonds. The Morgan fingerprint density at radius 2 is 2.36 bits per heavy atom. The molecule has 0 heterocycles. The Bertz CT molecular complexity index is 394. The van der Waals surface area contributed by atoms with Gasteiger partial charge in [-0.15, -0.1) is 0 Å². The topological polar surface area (TPSA) is 73.1 Å². The smallest absolute Gasteiger partial charge is 0.255 e. The van der Waals surface area contributed by atoms with Crippen LogP contribution in [0.4, 0.5) is 0 Å². The van der Waals surface area contributed by atoms with Crippen molar-refractivity contribution in [3.05, 3.63) is 29.3 Å². The number of aromatic hydroxyl groups is 1. The molecule has 14 heavy (non-hydrogen) atoms. The van der Waals surface area contributed by atoms with Crippen molar-refractivity contribution in [2.45, 2.75) is 6.92 Å². The summed E-state index contributed by atoms with van der Waals surface area (Å²) in [6, 6.07) is 6.54. The van der Waals surface area contributed by atoms with E-state index in [1.807, 2.05) is 6.92 Å². The molecule has 2 N–H and O–H groups in total. The van der Waals surface area contributed by atoms with Crippen molar-refractivity contribution < 1.29 is 9.90 Å². The van der Waals surface area contributed by atoms with Crippen LogP contribution in [0, 0.1) is 18.3 Å². The van der Waals surface area contributed by atoms with Crippen LogP contribution in [0.1, 0.15) is 15.9 Å². The van der Waals surface area contributed by atoms with Gasteiger partial charge in [0.2, 0.25) is 0 Å². The van der Waals surface area contributed by atoms with Gasteiger partial charge in [-0.2, -0.15) is 5.26 Å². The number of carbonyl (C=O) groups excluding carboxylic acids is 1. The first-order chi connectivity index (χ1) is 6.65. The molecule has 0 radical (unpaired) electrons. The highest BCUT2D eigenvalue weighted by Crippen LogP contribution is 2.17. The Balaban J connectivity index is 2.86. The van der Waals surface area contributed by atoms with Crippen LogP contribution < -0.4 is 5.32 Å². The molecular weight excluding hydrogens is 180 g/mol. The maximum Gasteiger partial charge on any atom is 0.255 e. The largest absolute Gasteiger partial charge is 0.507 e. The summed E-state index contributed by atoms with van der Waals surface area (Å²) in [6.07, 6.45) is 0. The highest BCUT2D eigenvalue weighted by molar-refractivity contribution is 5.96. The van der Waals surface area contributed by atoms with Gasteiger partial charge >= 0.3 is 0 Å². The maximum atomic E-state index is 11.3. The minimum Gasteiger partial charge on any atom is -0.507 e. The molecular formula is C10H10N2O2. The van der Waals surface area contributed by atoms with E-state index in [4.69, 9.17) is 5.26 Å². The lowest BCUT2D eigenvalue weighted by atomic mass is 10.1. The van der Waals surface area contributed by atoms with E-state index >= 15 is 0 Å². The van der Waals surface area contributed by atoms with Gasteiger partial charge in [0, 0.05) is 0 Å². The van der Waals surface area contributed by atoms with E-state index in [-0.39, 0.29) is 17.9 Å². The Labute approximate surface area is 81.8 Å². The van der Waals surface area contributed by atoms with Crippen molar-refractivity contribution in [1.82, 2.24) is 5.32 Å². The van der Waals surface area contributed by atoms with E-state index in [1.165, 1.54) is 12.1 Å². The summed E-state index contributed by atoms with van der Waals surface area (Å²) < 4.78 is 0. The van der Waals surface area contributed by atoms with Gasteiger partial charge in [0.05, 0.1) is 11.6 Å². The van der Waals surface area contributed by atoms with Crippen LogP contribution in [0.2, 0.25) is 0 Å². The van der Waals surface area contributed by atoms with Crippen LogP contribution in [0.3, 0.4) is 0 Å². The van der Waals surface area contributed by atoms with Gasteiger partial charge in [0.15, 0.2) is 0 Å². The third kappa shape index (κ3) is 2.23. The normalized spacial score (nSPS) is 9.14. The summed E-state index contributed by atoms with van der Waals surface area (Å²) in [7, 11) is 0. The quantitative estimate of drug-likeness (QED) is 0.682. The van der Waals surface area contributed by atoms with E-state index in [1.54, 1.807) is 12.1 Å². The van der Waals surface area contributed by atoms with E-state index in [0.29, 0.717) is 0 Å². The molecule has 0 unspecified atom stereocenters. The highest BCUT2D eigenvalue weighted by Gasteiger charge is 2.09. The van der Waals surface area contributed by atoms with Crippen molar-refractivity contribution in [2.75, 3.05) is 6.54 Å². The highest BCUT2D eigenvalue weighted by atomic mass is 16.3. The first-order valence-electron chi connectivity index (χ1n) is 4.10. The molecule has 0 atom stereocenters. The predicted octanol–water partition coefficient (Wildman–Crippen LogP) is 0.954. The molecule has 4 heteroatoms. The van der Waals surface area contributed by atoms with Crippen LogP contribution in [0.25, 0.3) is 0 Å². The summed E-state index contributed by atoms with van der Waals surface area (Å²) >= 11 is 0. The average molecular weight is 190 g/mol. The number of nitrogens with zero attached hydrogens (tertiary/aromatic N) is 1. The molecule has 4 nitrogen and oxygen atoms in total. The molecule has 1 aromatic carbocycles. The molecule has 72 valence electrons. The van der Waals surface area contributed by atoms with Gasteiger partial charge < -0.3 is 10.4 Å².